The van der Waals surface area contributed by atoms with E-state index in [1.807, 2.05) is 62.3 Å². The van der Waals surface area contributed by atoms with E-state index < -0.39 is 42.3 Å². The minimum atomic E-state index is -0.764. The summed E-state index contributed by atoms with van der Waals surface area (Å²) < 4.78 is 125. The van der Waals surface area contributed by atoms with Crippen LogP contribution in [0.1, 0.15) is 256 Å². The second-order valence-electron chi connectivity index (χ2n) is 32.0. The van der Waals surface area contributed by atoms with Crippen LogP contribution < -0.4 is 23.7 Å². The number of unbranched alkanes of at least 4 members (excludes halogenated alkanes) is 2. The molecule has 0 aromatic heterocycles. The number of benzene rings is 7. The summed E-state index contributed by atoms with van der Waals surface area (Å²) in [5.74, 6) is 3.54. The zero-order valence-electron chi connectivity index (χ0n) is 77.9. The highest BCUT2D eigenvalue weighted by Crippen LogP contribution is 2.48. The SMILES string of the molecule is CCCCOC(C)Oc1c(COC)cc(C(C)(C)c2ccc(C(C)(C)c3cc(COC)c(OC(C)OC(C)OCCCC)c(COC)c3)cc2)cc1COC.CCOC(C)Oc1c(COC)cc(C(C)(C)c2ccc(C(C)(c3cc(COC)c(OC(C)OCC)c(COC)c3)c3cc(COC)c(OC(C)OCC)c(COC)c3)cc2)cc1COC. The van der Waals surface area contributed by atoms with Gasteiger partial charge in [0.05, 0.1) is 72.7 Å². The van der Waals surface area contributed by atoms with Crippen LogP contribution in [0.2, 0.25) is 0 Å². The van der Waals surface area contributed by atoms with E-state index in [1.165, 1.54) is 11.1 Å². The van der Waals surface area contributed by atoms with Crippen LogP contribution in [0, 0.1) is 0 Å². The first-order chi connectivity index (χ1) is 57.5. The summed E-state index contributed by atoms with van der Waals surface area (Å²) in [6, 6.07) is 39.6. The molecule has 0 saturated heterocycles. The van der Waals surface area contributed by atoms with Gasteiger partial charge in [0.15, 0.2) is 37.7 Å². The fourth-order valence-corrected chi connectivity index (χ4v) is 15.1. The van der Waals surface area contributed by atoms with E-state index in [9.17, 15) is 0 Å². The monoisotopic (exact) mass is 1670 g/mol. The van der Waals surface area contributed by atoms with Gasteiger partial charge in [-0.25, -0.2) is 0 Å². The molecule has 21 nitrogen and oxygen atoms in total. The molecule has 7 rings (SSSR count). The first kappa shape index (κ1) is 102. The topological polar surface area (TPSA) is 194 Å². The molecule has 0 aliphatic carbocycles. The van der Waals surface area contributed by atoms with Crippen molar-refractivity contribution in [3.05, 3.63) is 215 Å². The predicted molar refractivity (Wildman–Crippen MR) is 472 cm³/mol. The van der Waals surface area contributed by atoms with Gasteiger partial charge in [-0.05, 0) is 193 Å². The first-order valence-electron chi connectivity index (χ1n) is 42.5. The maximum Gasteiger partial charge on any atom is 0.199 e. The maximum absolute atomic E-state index is 6.48. The second-order valence-corrected chi connectivity index (χ2v) is 32.0. The van der Waals surface area contributed by atoms with E-state index in [0.29, 0.717) is 122 Å². The molecule has 668 valence electrons. The van der Waals surface area contributed by atoms with Gasteiger partial charge in [-0.1, -0.05) is 117 Å². The van der Waals surface area contributed by atoms with Gasteiger partial charge >= 0.3 is 0 Å². The lowest BCUT2D eigenvalue weighted by Crippen LogP contribution is -2.28. The van der Waals surface area contributed by atoms with Gasteiger partial charge in [0.1, 0.15) is 28.7 Å². The van der Waals surface area contributed by atoms with Gasteiger partial charge in [-0.3, -0.25) is 0 Å². The minimum Gasteiger partial charge on any atom is -0.465 e. The third-order valence-electron chi connectivity index (χ3n) is 21.8. The highest BCUT2D eigenvalue weighted by atomic mass is 16.8. The fraction of sp³-hybridized carbons (Fsp3) is 0.576. The Kier molecular flexibility index (Phi) is 42.9. The summed E-state index contributed by atoms with van der Waals surface area (Å²) >= 11 is 0. The molecule has 0 N–H and O–H groups in total. The van der Waals surface area contributed by atoms with E-state index in [0.717, 1.165) is 126 Å². The van der Waals surface area contributed by atoms with Crippen LogP contribution >= 0.6 is 0 Å². The summed E-state index contributed by atoms with van der Waals surface area (Å²) in [6.07, 6.45) is 1.37. The van der Waals surface area contributed by atoms with Crippen molar-refractivity contribution in [2.24, 2.45) is 0 Å². The average molecular weight is 1670 g/mol. The number of hydrogen-bond donors (Lipinski definition) is 0. The van der Waals surface area contributed by atoms with Gasteiger partial charge < -0.3 is 99.5 Å². The van der Waals surface area contributed by atoms with Crippen molar-refractivity contribution < 1.29 is 99.5 Å². The Balaban J connectivity index is 0.000000377. The number of methoxy groups -OCH3 is 10. The Labute approximate surface area is 719 Å². The lowest BCUT2D eigenvalue weighted by Gasteiger charge is -2.36. The molecule has 7 aromatic carbocycles. The van der Waals surface area contributed by atoms with Crippen LogP contribution in [0.25, 0.3) is 0 Å². The zero-order chi connectivity index (χ0) is 88.3. The molecule has 7 aromatic rings. The molecule has 0 radical (unpaired) electrons. The Morgan fingerprint density at radius 1 is 0.233 bits per heavy atom. The standard InChI is InChI=1S/C53H76O12.C46H70O9/c1-16-60-35(4)63-49-38(29-54-10)23-46(24-39(49)30-55-11)52(7,8)44-19-21-45(22-20-44)53(9,47-25-40(31-56-12)50(41(26-47)32-57-13)64-36(5)61-17-2)48-27-42(33-58-14)51(43(28-48)34-59-15)65-37(6)62-18-3;1-14-16-22-51-32(3)53-34(5)55-44-37(30-49-12)26-42(27-38(44)31-50-13)46(8,9)40-20-18-39(19-21-40)45(6,7)41-24-35(28-47-10)43(36(25-41)29-48-11)54-33(4)52-23-17-15-2/h19-28,35-37H,16-18,29-34H2,1-15H3;18-21,24-27,32-34H,14-17,22-23,28-31H2,1-13H3. The van der Waals surface area contributed by atoms with Crippen LogP contribution in [0.15, 0.2) is 109 Å². The van der Waals surface area contributed by atoms with E-state index >= 15 is 0 Å². The molecule has 0 aliphatic rings. The molecule has 6 atom stereocenters. The smallest absolute Gasteiger partial charge is 0.199 e. The highest BCUT2D eigenvalue weighted by molar-refractivity contribution is 5.60. The summed E-state index contributed by atoms with van der Waals surface area (Å²) in [5, 5.41) is 0. The van der Waals surface area contributed by atoms with Crippen molar-refractivity contribution in [2.75, 3.05) is 104 Å². The molecule has 0 saturated carbocycles. The molecule has 6 unspecified atom stereocenters. The highest BCUT2D eigenvalue weighted by Gasteiger charge is 2.38. The minimum absolute atomic E-state index is 0.304. The summed E-state index contributed by atoms with van der Waals surface area (Å²) in [7, 11) is 16.9. The van der Waals surface area contributed by atoms with Crippen LogP contribution in [-0.4, -0.2) is 142 Å². The zero-order valence-corrected chi connectivity index (χ0v) is 77.9. The van der Waals surface area contributed by atoms with E-state index in [2.05, 4.69) is 172 Å². The fourth-order valence-electron chi connectivity index (χ4n) is 15.1. The summed E-state index contributed by atoms with van der Waals surface area (Å²) in [6.45, 7) is 43.6. The second kappa shape index (κ2) is 50.6. The lowest BCUT2D eigenvalue weighted by atomic mass is 9.68. The van der Waals surface area contributed by atoms with Gasteiger partial charge in [0.25, 0.3) is 0 Å². The maximum atomic E-state index is 6.48. The Morgan fingerprint density at radius 3 is 0.633 bits per heavy atom. The summed E-state index contributed by atoms with van der Waals surface area (Å²) in [4.78, 5) is 0. The molecular weight excluding hydrogens is 1530 g/mol. The molecule has 0 amide bonds. The van der Waals surface area contributed by atoms with Crippen LogP contribution in [-0.2, 0) is 164 Å². The molecule has 0 bridgehead atoms. The Bertz CT molecular complexity index is 3940. The molecular formula is C99H146O21. The van der Waals surface area contributed by atoms with Crippen molar-refractivity contribution in [2.45, 2.75) is 276 Å². The third-order valence-corrected chi connectivity index (χ3v) is 21.8. The summed E-state index contributed by atoms with van der Waals surface area (Å²) in [5.41, 5.74) is 17.2. The van der Waals surface area contributed by atoms with Gasteiger partial charge in [0.2, 0.25) is 0 Å². The molecule has 0 heterocycles. The van der Waals surface area contributed by atoms with Gasteiger partial charge in [-0.15, -0.1) is 0 Å². The number of rotatable bonds is 55. The third kappa shape index (κ3) is 27.7. The van der Waals surface area contributed by atoms with Crippen molar-refractivity contribution in [1.82, 2.24) is 0 Å². The van der Waals surface area contributed by atoms with Gasteiger partial charge in [0, 0.05) is 175 Å². The normalized spacial score (nSPS) is 14.0. The molecule has 0 spiro atoms. The van der Waals surface area contributed by atoms with Crippen molar-refractivity contribution in [1.29, 1.82) is 0 Å². The van der Waals surface area contributed by atoms with Gasteiger partial charge in [-0.2, -0.15) is 0 Å². The average Bonchev–Trinajstić information content (AvgIpc) is 0.741. The number of hydrogen-bond acceptors (Lipinski definition) is 21. The van der Waals surface area contributed by atoms with Crippen molar-refractivity contribution in [3.63, 3.8) is 0 Å². The van der Waals surface area contributed by atoms with Crippen LogP contribution in [0.5, 0.6) is 28.7 Å². The van der Waals surface area contributed by atoms with E-state index in [4.69, 9.17) is 99.5 Å². The van der Waals surface area contributed by atoms with Crippen molar-refractivity contribution >= 4 is 0 Å². The predicted octanol–water partition coefficient (Wildman–Crippen LogP) is 20.9. The quantitative estimate of drug-likeness (QED) is 0.0198. The van der Waals surface area contributed by atoms with Crippen molar-refractivity contribution in [3.8, 4) is 28.7 Å². The first-order valence-corrected chi connectivity index (χ1v) is 42.5. The van der Waals surface area contributed by atoms with Crippen LogP contribution in [0.3, 0.4) is 0 Å². The van der Waals surface area contributed by atoms with E-state index in [1.54, 1.807) is 71.1 Å². The molecule has 0 aliphatic heterocycles. The number of ether oxygens (including phenoxy) is 21. The van der Waals surface area contributed by atoms with E-state index in [-0.39, 0.29) is 17.1 Å². The largest absolute Gasteiger partial charge is 0.465 e. The molecule has 0 fully saturated rings. The molecule has 120 heavy (non-hydrogen) atoms. The lowest BCUT2D eigenvalue weighted by molar-refractivity contribution is -0.204. The van der Waals surface area contributed by atoms with Crippen LogP contribution in [0.4, 0.5) is 0 Å². The molecule has 21 heteroatoms. The Morgan fingerprint density at radius 2 is 0.425 bits per heavy atom. The Hall–Kier alpha value is -7.10.